The lowest BCUT2D eigenvalue weighted by molar-refractivity contribution is 0.589. The van der Waals surface area contributed by atoms with Gasteiger partial charge in [-0.25, -0.2) is 4.99 Å². The summed E-state index contributed by atoms with van der Waals surface area (Å²) in [5.74, 6) is -0.0647. The maximum absolute atomic E-state index is 13.1. The van der Waals surface area contributed by atoms with Gasteiger partial charge in [-0.2, -0.15) is 0 Å². The van der Waals surface area contributed by atoms with Crippen LogP contribution in [0.15, 0.2) is 77.8 Å². The molecule has 2 aliphatic rings. The molecule has 3 aromatic carbocycles. The monoisotopic (exact) mass is 414 g/mol. The van der Waals surface area contributed by atoms with E-state index in [-0.39, 0.29) is 17.3 Å². The summed E-state index contributed by atoms with van der Waals surface area (Å²) < 4.78 is 0. The molecule has 0 radical (unpaired) electrons. The van der Waals surface area contributed by atoms with Gasteiger partial charge in [0.1, 0.15) is 0 Å². The quantitative estimate of drug-likeness (QED) is 0.677. The standard InChI is InChI=1S/C23H22N6O2/c30-28-22-15-18(17-5-2-1-3-6-17)9-10-21(22)29(31)26-23(28)25-19-7-4-8-20(16-19)27-13-11-24-12-14-27/h1-10,15-16,24H,11-14H2,(H,25,26)/q-2. The van der Waals surface area contributed by atoms with Crippen LogP contribution < -0.4 is 25.9 Å². The zero-order valence-electron chi connectivity index (χ0n) is 16.9. The molecule has 158 valence electrons. The number of anilines is 3. The molecule has 5 rings (SSSR count). The van der Waals surface area contributed by atoms with Gasteiger partial charge >= 0.3 is 0 Å². The third kappa shape index (κ3) is 3.91. The van der Waals surface area contributed by atoms with Crippen LogP contribution in [-0.4, -0.2) is 32.1 Å². The number of fused-ring (bicyclic) bond motifs is 1. The van der Waals surface area contributed by atoms with Gasteiger partial charge in [0, 0.05) is 31.9 Å². The van der Waals surface area contributed by atoms with E-state index in [9.17, 15) is 10.4 Å². The number of piperazine rings is 1. The average Bonchev–Trinajstić information content (AvgIpc) is 2.83. The maximum atomic E-state index is 13.1. The van der Waals surface area contributed by atoms with Crippen LogP contribution in [0.5, 0.6) is 0 Å². The Morgan fingerprint density at radius 3 is 2.39 bits per heavy atom. The smallest absolute Gasteiger partial charge is 0.211 e. The third-order valence-electron chi connectivity index (χ3n) is 5.46. The number of hydrazine groups is 1. The first-order valence-electron chi connectivity index (χ1n) is 10.2. The molecule has 0 spiro atoms. The molecule has 31 heavy (non-hydrogen) atoms. The summed E-state index contributed by atoms with van der Waals surface area (Å²) in [5.41, 5.74) is 6.53. The average molecular weight is 414 g/mol. The molecule has 2 aliphatic heterocycles. The minimum atomic E-state index is -0.0647. The van der Waals surface area contributed by atoms with Gasteiger partial charge in [0.05, 0.1) is 17.1 Å². The van der Waals surface area contributed by atoms with Crippen molar-refractivity contribution in [3.05, 3.63) is 83.2 Å². The van der Waals surface area contributed by atoms with Crippen LogP contribution in [-0.2, 0) is 0 Å². The Balaban J connectivity index is 1.46. The van der Waals surface area contributed by atoms with Crippen LogP contribution in [0, 0.1) is 10.4 Å². The number of benzene rings is 3. The predicted molar refractivity (Wildman–Crippen MR) is 125 cm³/mol. The molecule has 0 atom stereocenters. The SMILES string of the molecule is [O-]N1NC(=Nc2cccc(N3CCNCC3)c2)N([O-])c2cc(-c3ccccc3)ccc21. The molecule has 1 fully saturated rings. The molecule has 3 aromatic rings. The van der Waals surface area contributed by atoms with Gasteiger partial charge < -0.3 is 30.9 Å². The highest BCUT2D eigenvalue weighted by Gasteiger charge is 2.19. The molecule has 0 bridgehead atoms. The molecule has 8 nitrogen and oxygen atoms in total. The second-order valence-electron chi connectivity index (χ2n) is 7.46. The first-order chi connectivity index (χ1) is 15.2. The Morgan fingerprint density at radius 2 is 1.58 bits per heavy atom. The molecular weight excluding hydrogens is 392 g/mol. The summed E-state index contributed by atoms with van der Waals surface area (Å²) >= 11 is 0. The number of nitrogens with zero attached hydrogens (tertiary/aromatic N) is 4. The lowest BCUT2D eigenvalue weighted by atomic mass is 10.0. The highest BCUT2D eigenvalue weighted by atomic mass is 16.6. The summed E-state index contributed by atoms with van der Waals surface area (Å²) in [6.07, 6.45) is 0. The Morgan fingerprint density at radius 1 is 0.774 bits per heavy atom. The lowest BCUT2D eigenvalue weighted by Crippen LogP contribution is -2.50. The fourth-order valence-electron chi connectivity index (χ4n) is 3.85. The first-order valence-corrected chi connectivity index (χ1v) is 10.2. The molecule has 0 saturated carbocycles. The van der Waals surface area contributed by atoms with E-state index in [0.29, 0.717) is 15.9 Å². The van der Waals surface area contributed by atoms with Crippen molar-refractivity contribution in [3.63, 3.8) is 0 Å². The highest BCUT2D eigenvalue weighted by Crippen LogP contribution is 2.36. The number of rotatable bonds is 3. The first kappa shape index (κ1) is 19.4. The highest BCUT2D eigenvalue weighted by molar-refractivity contribution is 6.05. The number of hydroxylamine groups is 1. The molecular formula is C23H22N6O2-2. The molecule has 0 aliphatic carbocycles. The van der Waals surface area contributed by atoms with Gasteiger partial charge in [-0.1, -0.05) is 42.5 Å². The Bertz CT molecular complexity index is 1100. The molecule has 0 amide bonds. The van der Waals surface area contributed by atoms with Gasteiger partial charge in [0.2, 0.25) is 5.96 Å². The van der Waals surface area contributed by atoms with Crippen molar-refractivity contribution < 1.29 is 0 Å². The van der Waals surface area contributed by atoms with Gasteiger partial charge in [-0.15, -0.1) is 0 Å². The van der Waals surface area contributed by atoms with Gasteiger partial charge in [-0.05, 0) is 41.5 Å². The van der Waals surface area contributed by atoms with E-state index in [0.717, 1.165) is 43.0 Å². The number of aliphatic imine (C=N–C) groups is 1. The minimum Gasteiger partial charge on any atom is -0.752 e. The zero-order chi connectivity index (χ0) is 21.2. The van der Waals surface area contributed by atoms with Crippen molar-refractivity contribution >= 4 is 28.7 Å². The Labute approximate surface area is 180 Å². The van der Waals surface area contributed by atoms with Crippen molar-refractivity contribution in [1.82, 2.24) is 10.7 Å². The van der Waals surface area contributed by atoms with E-state index < -0.39 is 0 Å². The predicted octanol–water partition coefficient (Wildman–Crippen LogP) is 3.58. The summed E-state index contributed by atoms with van der Waals surface area (Å²) in [6, 6.07) is 22.6. The van der Waals surface area contributed by atoms with Crippen molar-refractivity contribution in [3.8, 4) is 11.1 Å². The number of nitrogens with one attached hydrogen (secondary N) is 2. The summed E-state index contributed by atoms with van der Waals surface area (Å²) in [6.45, 7) is 3.69. The fourth-order valence-corrected chi connectivity index (χ4v) is 3.85. The van der Waals surface area contributed by atoms with E-state index in [2.05, 4.69) is 20.6 Å². The van der Waals surface area contributed by atoms with Crippen LogP contribution in [0.1, 0.15) is 0 Å². The Kier molecular flexibility index (Phi) is 5.17. The second-order valence-corrected chi connectivity index (χ2v) is 7.46. The maximum Gasteiger partial charge on any atom is 0.211 e. The van der Waals surface area contributed by atoms with Crippen molar-refractivity contribution in [2.75, 3.05) is 41.3 Å². The minimum absolute atomic E-state index is 0.0647. The van der Waals surface area contributed by atoms with Crippen LogP contribution in [0.4, 0.5) is 22.7 Å². The van der Waals surface area contributed by atoms with E-state index in [1.807, 2.05) is 60.7 Å². The van der Waals surface area contributed by atoms with E-state index in [4.69, 9.17) is 0 Å². The molecule has 2 N–H and O–H groups in total. The summed E-state index contributed by atoms with van der Waals surface area (Å²) in [5, 5.41) is 30.2. The molecule has 2 heterocycles. The van der Waals surface area contributed by atoms with Crippen LogP contribution >= 0.6 is 0 Å². The normalized spacial score (nSPS) is 17.5. The van der Waals surface area contributed by atoms with E-state index in [1.165, 1.54) is 0 Å². The third-order valence-corrected chi connectivity index (χ3v) is 5.46. The van der Waals surface area contributed by atoms with Crippen molar-refractivity contribution in [1.29, 1.82) is 0 Å². The molecule has 0 unspecified atom stereocenters. The summed E-state index contributed by atoms with van der Waals surface area (Å²) in [4.78, 5) is 6.71. The molecule has 0 aromatic heterocycles. The van der Waals surface area contributed by atoms with Gasteiger partial charge in [-0.3, -0.25) is 5.43 Å². The lowest BCUT2D eigenvalue weighted by Gasteiger charge is -2.46. The van der Waals surface area contributed by atoms with E-state index >= 15 is 0 Å². The molecule has 1 saturated heterocycles. The summed E-state index contributed by atoms with van der Waals surface area (Å²) in [7, 11) is 0. The van der Waals surface area contributed by atoms with Crippen molar-refractivity contribution in [2.24, 2.45) is 4.99 Å². The molecule has 8 heteroatoms. The number of guanidine groups is 1. The Hall–Kier alpha value is -3.59. The number of hydrogen-bond acceptors (Lipinski definition) is 6. The van der Waals surface area contributed by atoms with E-state index in [1.54, 1.807) is 12.1 Å². The largest absolute Gasteiger partial charge is 0.752 e. The van der Waals surface area contributed by atoms with Crippen molar-refractivity contribution in [2.45, 2.75) is 0 Å². The van der Waals surface area contributed by atoms with Crippen LogP contribution in [0.2, 0.25) is 0 Å². The zero-order valence-corrected chi connectivity index (χ0v) is 16.9. The van der Waals surface area contributed by atoms with Gasteiger partial charge in [0.25, 0.3) is 0 Å². The van der Waals surface area contributed by atoms with Crippen LogP contribution in [0.25, 0.3) is 11.1 Å². The fraction of sp³-hybridized carbons (Fsp3) is 0.174. The van der Waals surface area contributed by atoms with Gasteiger partial charge in [0.15, 0.2) is 0 Å². The topological polar surface area (TPSA) is 92.3 Å². The second kappa shape index (κ2) is 8.27. The van der Waals surface area contributed by atoms with Crippen LogP contribution in [0.3, 0.4) is 0 Å². The number of hydrogen-bond donors (Lipinski definition) is 2.